The number of fused-ring (bicyclic) bond motifs is 1. The Morgan fingerprint density at radius 1 is 0.923 bits per heavy atom. The average Bonchev–Trinajstić information content (AvgIpc) is 3.34. The highest BCUT2D eigenvalue weighted by Gasteiger charge is 2.13. The van der Waals surface area contributed by atoms with Crippen LogP contribution in [0, 0.1) is 0 Å². The highest BCUT2D eigenvalue weighted by atomic mass is 16.6. The SMILES string of the molecule is CCCCCNc1nc(N)nc2ccn(Cc3ccc(COCCOCCOCCOCCO)cc3OC)c12. The molecule has 3 aromatic rings. The quantitative estimate of drug-likeness (QED) is 0.171. The van der Waals surface area contributed by atoms with Crippen LogP contribution in [-0.2, 0) is 32.1 Å². The van der Waals surface area contributed by atoms with Gasteiger partial charge >= 0.3 is 0 Å². The first-order chi connectivity index (χ1) is 19.2. The molecule has 0 unspecified atom stereocenters. The molecule has 4 N–H and O–H groups in total. The van der Waals surface area contributed by atoms with Gasteiger partial charge in [0.25, 0.3) is 0 Å². The van der Waals surface area contributed by atoms with Crippen LogP contribution in [0.15, 0.2) is 30.5 Å². The number of hydrogen-bond donors (Lipinski definition) is 3. The molecule has 0 spiro atoms. The van der Waals surface area contributed by atoms with Crippen molar-refractivity contribution in [3.8, 4) is 5.75 Å². The van der Waals surface area contributed by atoms with Crippen LogP contribution in [0.4, 0.5) is 11.8 Å². The summed E-state index contributed by atoms with van der Waals surface area (Å²) in [4.78, 5) is 8.88. The zero-order valence-electron chi connectivity index (χ0n) is 23.2. The van der Waals surface area contributed by atoms with Crippen molar-refractivity contribution in [2.45, 2.75) is 39.3 Å². The average molecular weight is 546 g/mol. The Hall–Kier alpha value is -2.96. The minimum absolute atomic E-state index is 0.0232. The van der Waals surface area contributed by atoms with Gasteiger partial charge in [-0.05, 0) is 24.1 Å². The Labute approximate surface area is 230 Å². The number of nitrogens with one attached hydrogen (secondary N) is 1. The fraction of sp³-hybridized carbons (Fsp3) is 0.571. The van der Waals surface area contributed by atoms with Crippen molar-refractivity contribution < 1.29 is 28.8 Å². The number of aliphatic hydroxyl groups is 1. The molecule has 0 saturated carbocycles. The number of nitrogen functional groups attached to an aromatic ring is 1. The molecule has 0 aliphatic carbocycles. The summed E-state index contributed by atoms with van der Waals surface area (Å²) in [5.41, 5.74) is 9.75. The third kappa shape index (κ3) is 10.3. The van der Waals surface area contributed by atoms with E-state index in [4.69, 9.17) is 34.5 Å². The zero-order chi connectivity index (χ0) is 27.7. The van der Waals surface area contributed by atoms with Gasteiger partial charge in [0.05, 0.1) is 78.6 Å². The van der Waals surface area contributed by atoms with Gasteiger partial charge in [0.2, 0.25) is 5.95 Å². The molecule has 0 bridgehead atoms. The zero-order valence-corrected chi connectivity index (χ0v) is 23.2. The second kappa shape index (κ2) is 17.6. The number of aliphatic hydroxyl groups excluding tert-OH is 1. The largest absolute Gasteiger partial charge is 0.496 e. The molecule has 3 rings (SSSR count). The van der Waals surface area contributed by atoms with Crippen LogP contribution >= 0.6 is 0 Å². The maximum Gasteiger partial charge on any atom is 0.222 e. The molecule has 0 radical (unpaired) electrons. The van der Waals surface area contributed by atoms with Gasteiger partial charge in [0.1, 0.15) is 11.3 Å². The number of rotatable bonds is 21. The first-order valence-electron chi connectivity index (χ1n) is 13.6. The Bertz CT molecular complexity index is 1110. The number of anilines is 2. The lowest BCUT2D eigenvalue weighted by Crippen LogP contribution is -2.12. The molecule has 1 aromatic carbocycles. The second-order valence-corrected chi connectivity index (χ2v) is 9.00. The van der Waals surface area contributed by atoms with E-state index in [-0.39, 0.29) is 12.6 Å². The van der Waals surface area contributed by atoms with E-state index in [0.29, 0.717) is 59.4 Å². The summed E-state index contributed by atoms with van der Waals surface area (Å²) in [5.74, 6) is 1.81. The van der Waals surface area contributed by atoms with E-state index in [9.17, 15) is 0 Å². The fourth-order valence-corrected chi connectivity index (χ4v) is 4.07. The lowest BCUT2D eigenvalue weighted by Gasteiger charge is -2.14. The maximum absolute atomic E-state index is 8.64. The van der Waals surface area contributed by atoms with Crippen molar-refractivity contribution in [3.63, 3.8) is 0 Å². The topological polar surface area (TPSA) is 135 Å². The van der Waals surface area contributed by atoms with Crippen LogP contribution in [0.2, 0.25) is 0 Å². The number of aromatic nitrogens is 3. The number of unbranched alkanes of at least 4 members (excludes halogenated alkanes) is 2. The molecule has 0 saturated heterocycles. The number of ether oxygens (including phenoxy) is 5. The van der Waals surface area contributed by atoms with Gasteiger partial charge in [-0.2, -0.15) is 4.98 Å². The van der Waals surface area contributed by atoms with Crippen molar-refractivity contribution in [2.75, 3.05) is 77.6 Å². The van der Waals surface area contributed by atoms with Gasteiger partial charge in [0.15, 0.2) is 5.82 Å². The smallest absolute Gasteiger partial charge is 0.222 e. The van der Waals surface area contributed by atoms with Crippen LogP contribution in [0.25, 0.3) is 11.0 Å². The van der Waals surface area contributed by atoms with E-state index in [2.05, 4.69) is 38.9 Å². The van der Waals surface area contributed by atoms with Crippen LogP contribution < -0.4 is 15.8 Å². The number of benzene rings is 1. The Balaban J connectivity index is 1.48. The third-order valence-electron chi connectivity index (χ3n) is 6.01. The fourth-order valence-electron chi connectivity index (χ4n) is 4.07. The van der Waals surface area contributed by atoms with Crippen molar-refractivity contribution in [1.29, 1.82) is 0 Å². The van der Waals surface area contributed by atoms with E-state index >= 15 is 0 Å². The Morgan fingerprint density at radius 2 is 1.64 bits per heavy atom. The monoisotopic (exact) mass is 545 g/mol. The van der Waals surface area contributed by atoms with Crippen molar-refractivity contribution in [2.24, 2.45) is 0 Å². The van der Waals surface area contributed by atoms with Gasteiger partial charge in [-0.15, -0.1) is 0 Å². The number of hydrogen-bond acceptors (Lipinski definition) is 10. The first kappa shape index (κ1) is 30.6. The molecule has 11 nitrogen and oxygen atoms in total. The van der Waals surface area contributed by atoms with Gasteiger partial charge in [-0.3, -0.25) is 0 Å². The molecule has 11 heteroatoms. The van der Waals surface area contributed by atoms with Gasteiger partial charge in [-0.1, -0.05) is 31.9 Å². The maximum atomic E-state index is 8.64. The van der Waals surface area contributed by atoms with Gasteiger partial charge < -0.3 is 44.4 Å². The standard InChI is InChI=1S/C28H43N5O6/c1-3-4-5-9-30-27-26-24(31-28(29)32-27)8-10-33(26)20-23-7-6-22(19-25(23)35-2)21-39-18-17-38-16-15-37-14-13-36-12-11-34/h6-8,10,19,34H,3-5,9,11-18,20-21H2,1-2H3,(H3,29,30,31,32). The summed E-state index contributed by atoms with van der Waals surface area (Å²) in [6.45, 7) is 7.35. The molecule has 0 aliphatic heterocycles. The summed E-state index contributed by atoms with van der Waals surface area (Å²) in [7, 11) is 1.68. The van der Waals surface area contributed by atoms with Crippen molar-refractivity contribution >= 4 is 22.8 Å². The molecular formula is C28H43N5O6. The molecular weight excluding hydrogens is 502 g/mol. The number of nitrogens with zero attached hydrogens (tertiary/aromatic N) is 3. The molecule has 216 valence electrons. The van der Waals surface area contributed by atoms with E-state index in [1.807, 2.05) is 18.3 Å². The molecule has 2 heterocycles. The molecule has 0 fully saturated rings. The van der Waals surface area contributed by atoms with Crippen LogP contribution in [0.3, 0.4) is 0 Å². The summed E-state index contributed by atoms with van der Waals surface area (Å²) in [6.07, 6.45) is 5.40. The highest BCUT2D eigenvalue weighted by molar-refractivity contribution is 5.87. The minimum Gasteiger partial charge on any atom is -0.496 e. The molecule has 2 aromatic heterocycles. The Morgan fingerprint density at radius 3 is 2.33 bits per heavy atom. The lowest BCUT2D eigenvalue weighted by atomic mass is 10.1. The lowest BCUT2D eigenvalue weighted by molar-refractivity contribution is -0.00744. The van der Waals surface area contributed by atoms with Gasteiger partial charge in [0, 0.05) is 18.3 Å². The van der Waals surface area contributed by atoms with Crippen molar-refractivity contribution in [1.82, 2.24) is 14.5 Å². The van der Waals surface area contributed by atoms with E-state index < -0.39 is 0 Å². The summed E-state index contributed by atoms with van der Waals surface area (Å²) >= 11 is 0. The first-order valence-corrected chi connectivity index (χ1v) is 13.6. The predicted molar refractivity (Wildman–Crippen MR) is 151 cm³/mol. The normalized spacial score (nSPS) is 11.4. The molecule has 0 amide bonds. The van der Waals surface area contributed by atoms with Crippen molar-refractivity contribution in [3.05, 3.63) is 41.6 Å². The van der Waals surface area contributed by atoms with Crippen LogP contribution in [0.1, 0.15) is 37.3 Å². The van der Waals surface area contributed by atoms with Gasteiger partial charge in [-0.25, -0.2) is 4.98 Å². The predicted octanol–water partition coefficient (Wildman–Crippen LogP) is 3.23. The molecule has 39 heavy (non-hydrogen) atoms. The van der Waals surface area contributed by atoms with Crippen LogP contribution in [0.5, 0.6) is 5.75 Å². The third-order valence-corrected chi connectivity index (χ3v) is 6.01. The van der Waals surface area contributed by atoms with E-state index in [1.54, 1.807) is 7.11 Å². The second-order valence-electron chi connectivity index (χ2n) is 9.00. The minimum atomic E-state index is 0.0232. The Kier molecular flexibility index (Phi) is 13.8. The number of nitrogens with two attached hydrogens (primary N) is 1. The van der Waals surface area contributed by atoms with E-state index in [0.717, 1.165) is 59.5 Å². The highest BCUT2D eigenvalue weighted by Crippen LogP contribution is 2.27. The summed E-state index contributed by atoms with van der Waals surface area (Å²) in [6, 6.07) is 8.08. The summed E-state index contributed by atoms with van der Waals surface area (Å²) in [5, 5.41) is 12.1. The van der Waals surface area contributed by atoms with Crippen LogP contribution in [-0.4, -0.2) is 86.2 Å². The number of methoxy groups -OCH3 is 1. The molecule has 0 atom stereocenters. The van der Waals surface area contributed by atoms with E-state index in [1.165, 1.54) is 0 Å². The summed E-state index contributed by atoms with van der Waals surface area (Å²) < 4.78 is 29.6. The molecule has 0 aliphatic rings.